The van der Waals surface area contributed by atoms with Crippen molar-refractivity contribution in [2.45, 2.75) is 11.4 Å². The van der Waals surface area contributed by atoms with E-state index in [0.29, 0.717) is 16.4 Å². The molecule has 0 aliphatic carbocycles. The highest BCUT2D eigenvalue weighted by Crippen LogP contribution is 2.42. The zero-order valence-electron chi connectivity index (χ0n) is 16.6. The highest BCUT2D eigenvalue weighted by Gasteiger charge is 2.30. The highest BCUT2D eigenvalue weighted by molar-refractivity contribution is 9.10. The van der Waals surface area contributed by atoms with Crippen LogP contribution in [0.4, 0.5) is 5.69 Å². The number of amides is 2. The predicted octanol–water partition coefficient (Wildman–Crippen LogP) is 4.85. The van der Waals surface area contributed by atoms with E-state index in [2.05, 4.69) is 21.2 Å². The van der Waals surface area contributed by atoms with E-state index < -0.39 is 0 Å². The molecule has 8 heteroatoms. The van der Waals surface area contributed by atoms with Crippen LogP contribution in [0.1, 0.15) is 11.3 Å². The van der Waals surface area contributed by atoms with Gasteiger partial charge in [-0.1, -0.05) is 30.0 Å². The zero-order valence-corrected chi connectivity index (χ0v) is 19.0. The first-order valence-corrected chi connectivity index (χ1v) is 11.1. The van der Waals surface area contributed by atoms with Crippen LogP contribution in [0.3, 0.4) is 0 Å². The number of para-hydroxylation sites is 1. The Hall–Kier alpha value is -2.97. The number of benzene rings is 2. The molecule has 1 aliphatic heterocycles. The maximum Gasteiger partial charge on any atom is 0.265 e. The van der Waals surface area contributed by atoms with Gasteiger partial charge in [0.15, 0.2) is 0 Å². The van der Waals surface area contributed by atoms with Crippen molar-refractivity contribution in [3.05, 3.63) is 81.6 Å². The van der Waals surface area contributed by atoms with Gasteiger partial charge >= 0.3 is 0 Å². The lowest BCUT2D eigenvalue weighted by atomic mass is 10.2. The van der Waals surface area contributed by atoms with Crippen LogP contribution in [0.25, 0.3) is 6.08 Å². The topological polar surface area (TPSA) is 71.8 Å². The van der Waals surface area contributed by atoms with E-state index in [4.69, 9.17) is 9.15 Å². The fourth-order valence-electron chi connectivity index (χ4n) is 3.14. The lowest BCUT2D eigenvalue weighted by Gasteiger charge is -2.29. The van der Waals surface area contributed by atoms with Gasteiger partial charge in [0.25, 0.3) is 5.91 Å². The standard InChI is InChI=1S/C23H19BrN2O4S/c1-29-19-9-8-15(11-17(19)24)12-21-23(28)26(18-6-2-3-7-20(18)31-21)14-22(27)25-13-16-5-4-10-30-16/h2-12H,13-14H2,1H3,(H,25,27)/b21-12+. The summed E-state index contributed by atoms with van der Waals surface area (Å²) in [6.07, 6.45) is 3.37. The van der Waals surface area contributed by atoms with Crippen molar-refractivity contribution in [3.63, 3.8) is 0 Å². The molecule has 3 aromatic rings. The van der Waals surface area contributed by atoms with Crippen molar-refractivity contribution >= 4 is 51.3 Å². The predicted molar refractivity (Wildman–Crippen MR) is 124 cm³/mol. The van der Waals surface area contributed by atoms with Gasteiger partial charge in [-0.2, -0.15) is 0 Å². The van der Waals surface area contributed by atoms with Crippen molar-refractivity contribution < 1.29 is 18.7 Å². The lowest BCUT2D eigenvalue weighted by Crippen LogP contribution is -2.42. The van der Waals surface area contributed by atoms with E-state index in [1.165, 1.54) is 16.7 Å². The van der Waals surface area contributed by atoms with Crippen LogP contribution < -0.4 is 15.0 Å². The summed E-state index contributed by atoms with van der Waals surface area (Å²) in [7, 11) is 1.60. The van der Waals surface area contributed by atoms with Crippen molar-refractivity contribution in [2.75, 3.05) is 18.6 Å². The quantitative estimate of drug-likeness (QED) is 0.492. The van der Waals surface area contributed by atoms with Crippen molar-refractivity contribution in [1.29, 1.82) is 0 Å². The maximum atomic E-state index is 13.3. The number of methoxy groups -OCH3 is 1. The van der Waals surface area contributed by atoms with Gasteiger partial charge in [0, 0.05) is 4.90 Å². The first-order chi connectivity index (χ1) is 15.0. The van der Waals surface area contributed by atoms with Gasteiger partial charge in [-0.05, 0) is 64.0 Å². The second kappa shape index (κ2) is 9.45. The third-order valence-corrected chi connectivity index (χ3v) is 6.34. The molecule has 0 radical (unpaired) electrons. The average molecular weight is 499 g/mol. The molecule has 0 saturated heterocycles. The largest absolute Gasteiger partial charge is 0.496 e. The molecule has 158 valence electrons. The van der Waals surface area contributed by atoms with Gasteiger partial charge in [-0.25, -0.2) is 0 Å². The third-order valence-electron chi connectivity index (χ3n) is 4.65. The molecule has 6 nitrogen and oxygen atoms in total. The smallest absolute Gasteiger partial charge is 0.265 e. The molecule has 0 fully saturated rings. The van der Waals surface area contributed by atoms with E-state index >= 15 is 0 Å². The summed E-state index contributed by atoms with van der Waals surface area (Å²) in [6.45, 7) is 0.188. The number of ether oxygens (including phenoxy) is 1. The van der Waals surface area contributed by atoms with E-state index in [9.17, 15) is 9.59 Å². The van der Waals surface area contributed by atoms with Gasteiger partial charge in [0.1, 0.15) is 18.1 Å². The van der Waals surface area contributed by atoms with Crippen LogP contribution in [0.15, 0.2) is 79.6 Å². The number of hydrogen-bond acceptors (Lipinski definition) is 5. The van der Waals surface area contributed by atoms with E-state index in [0.717, 1.165) is 20.6 Å². The lowest BCUT2D eigenvalue weighted by molar-refractivity contribution is -0.122. The molecule has 1 aromatic heterocycles. The fraction of sp³-hybridized carbons (Fsp3) is 0.130. The summed E-state index contributed by atoms with van der Waals surface area (Å²) in [6, 6.07) is 16.7. The van der Waals surface area contributed by atoms with E-state index in [1.54, 1.807) is 25.5 Å². The number of anilines is 1. The third kappa shape index (κ3) is 4.86. The van der Waals surface area contributed by atoms with Gasteiger partial charge < -0.3 is 14.5 Å². The minimum Gasteiger partial charge on any atom is -0.496 e. The Bertz CT molecular complexity index is 1140. The summed E-state index contributed by atoms with van der Waals surface area (Å²) in [5.41, 5.74) is 1.57. The number of hydrogen-bond donors (Lipinski definition) is 1. The summed E-state index contributed by atoms with van der Waals surface area (Å²) in [4.78, 5) is 28.8. The number of halogens is 1. The molecule has 0 bridgehead atoms. The van der Waals surface area contributed by atoms with Crippen molar-refractivity contribution in [1.82, 2.24) is 5.32 Å². The van der Waals surface area contributed by atoms with E-state index in [-0.39, 0.29) is 24.9 Å². The second-order valence-electron chi connectivity index (χ2n) is 6.72. The van der Waals surface area contributed by atoms with Crippen molar-refractivity contribution in [2.24, 2.45) is 0 Å². The Morgan fingerprint density at radius 2 is 2.06 bits per heavy atom. The minimum absolute atomic E-state index is 0.0826. The molecule has 1 aliphatic rings. The summed E-state index contributed by atoms with van der Waals surface area (Å²) in [5.74, 6) is 0.881. The second-order valence-corrected chi connectivity index (χ2v) is 8.66. The zero-order chi connectivity index (χ0) is 21.8. The summed E-state index contributed by atoms with van der Waals surface area (Å²) >= 11 is 4.87. The SMILES string of the molecule is COc1ccc(/C=C2/Sc3ccccc3N(CC(=O)NCc3ccco3)C2=O)cc1Br. The molecule has 0 spiro atoms. The molecular formula is C23H19BrN2O4S. The first-order valence-electron chi connectivity index (χ1n) is 9.48. The Labute approximate surface area is 192 Å². The average Bonchev–Trinajstić information content (AvgIpc) is 3.29. The molecule has 2 heterocycles. The molecule has 2 amide bonds. The molecule has 0 unspecified atom stereocenters. The van der Waals surface area contributed by atoms with E-state index in [1.807, 2.05) is 48.5 Å². The van der Waals surface area contributed by atoms with Crippen LogP contribution in [0.5, 0.6) is 5.75 Å². The van der Waals surface area contributed by atoms with Crippen LogP contribution in [0, 0.1) is 0 Å². The number of fused-ring (bicyclic) bond motifs is 1. The Morgan fingerprint density at radius 3 is 2.81 bits per heavy atom. The fourth-order valence-corrected chi connectivity index (χ4v) is 4.76. The van der Waals surface area contributed by atoms with Crippen LogP contribution in [-0.2, 0) is 16.1 Å². The maximum absolute atomic E-state index is 13.3. The monoisotopic (exact) mass is 498 g/mol. The van der Waals surface area contributed by atoms with Gasteiger partial charge in [0.2, 0.25) is 5.91 Å². The van der Waals surface area contributed by atoms with Gasteiger partial charge in [-0.3, -0.25) is 14.5 Å². The number of nitrogens with zero attached hydrogens (tertiary/aromatic N) is 1. The molecule has 2 aromatic carbocycles. The Kier molecular flexibility index (Phi) is 6.48. The number of carbonyl (C=O) groups excluding carboxylic acids is 2. The normalized spacial score (nSPS) is 14.5. The number of thioether (sulfide) groups is 1. The van der Waals surface area contributed by atoms with Gasteiger partial charge in [0.05, 0.1) is 35.0 Å². The number of furan rings is 1. The number of rotatable bonds is 6. The molecule has 31 heavy (non-hydrogen) atoms. The molecular weight excluding hydrogens is 480 g/mol. The summed E-state index contributed by atoms with van der Waals surface area (Å²) < 4.78 is 11.3. The molecule has 0 saturated carbocycles. The van der Waals surface area contributed by atoms with Crippen LogP contribution >= 0.6 is 27.7 Å². The Morgan fingerprint density at radius 1 is 1.23 bits per heavy atom. The summed E-state index contributed by atoms with van der Waals surface area (Å²) in [5, 5.41) is 2.80. The Balaban J connectivity index is 1.58. The van der Waals surface area contributed by atoms with Crippen LogP contribution in [0.2, 0.25) is 0 Å². The number of carbonyl (C=O) groups is 2. The van der Waals surface area contributed by atoms with Crippen molar-refractivity contribution in [3.8, 4) is 5.75 Å². The van der Waals surface area contributed by atoms with Gasteiger partial charge in [-0.15, -0.1) is 0 Å². The molecule has 1 N–H and O–H groups in total. The number of nitrogens with one attached hydrogen (secondary N) is 1. The molecule has 4 rings (SSSR count). The minimum atomic E-state index is -0.266. The molecule has 0 atom stereocenters. The first kappa shape index (κ1) is 21.3. The highest BCUT2D eigenvalue weighted by atomic mass is 79.9. The van der Waals surface area contributed by atoms with Crippen LogP contribution in [-0.4, -0.2) is 25.5 Å².